The number of allylic oxidation sites excluding steroid dienone is 2. The van der Waals surface area contributed by atoms with Gasteiger partial charge < -0.3 is 20.6 Å². The van der Waals surface area contributed by atoms with Crippen molar-refractivity contribution in [2.45, 2.75) is 25.4 Å². The van der Waals surface area contributed by atoms with Crippen LogP contribution in [0.4, 0.5) is 19.0 Å². The molecular formula is C24H20F3N5O3. The lowest BCUT2D eigenvalue weighted by molar-refractivity contribution is -0.127. The molecule has 3 N–H and O–H groups in total. The molecule has 0 saturated heterocycles. The van der Waals surface area contributed by atoms with Gasteiger partial charge in [-0.25, -0.2) is 9.78 Å². The molecule has 8 nitrogen and oxygen atoms in total. The summed E-state index contributed by atoms with van der Waals surface area (Å²) >= 11 is 0. The third-order valence-corrected chi connectivity index (χ3v) is 6.05. The van der Waals surface area contributed by atoms with Crippen LogP contribution in [0, 0.1) is 0 Å². The molecule has 180 valence electrons. The van der Waals surface area contributed by atoms with Gasteiger partial charge in [-0.05, 0) is 34.9 Å². The molecule has 2 aromatic rings. The first-order valence-corrected chi connectivity index (χ1v) is 10.7. The summed E-state index contributed by atoms with van der Waals surface area (Å²) in [4.78, 5) is 31.4. The third kappa shape index (κ3) is 4.32. The quantitative estimate of drug-likeness (QED) is 0.601. The zero-order valence-electron chi connectivity index (χ0n) is 18.2. The molecule has 0 aliphatic carbocycles. The largest absolute Gasteiger partial charge is 0.478 e. The number of alkyl halides is 3. The summed E-state index contributed by atoms with van der Waals surface area (Å²) in [6.07, 6.45) is -1.12. The van der Waals surface area contributed by atoms with Crippen LogP contribution in [0.15, 0.2) is 77.9 Å². The summed E-state index contributed by atoms with van der Waals surface area (Å²) in [5.41, 5.74) is 1.34. The highest BCUT2D eigenvalue weighted by Gasteiger charge is 2.41. The Morgan fingerprint density at radius 3 is 2.51 bits per heavy atom. The van der Waals surface area contributed by atoms with Crippen LogP contribution in [0.25, 0.3) is 0 Å². The highest BCUT2D eigenvalue weighted by Crippen LogP contribution is 2.35. The summed E-state index contributed by atoms with van der Waals surface area (Å²) in [5, 5.41) is 15.4. The third-order valence-electron chi connectivity index (χ3n) is 6.05. The van der Waals surface area contributed by atoms with E-state index in [0.29, 0.717) is 18.9 Å². The first-order chi connectivity index (χ1) is 16.7. The fourth-order valence-electron chi connectivity index (χ4n) is 4.34. The SMILES string of the molecule is O=C(O)c1cccnc1NCC1=CC(C(F)(F)F)=CN2C(=O)C=C(N3Cc4ccccc4C3)NC12. The van der Waals surface area contributed by atoms with Gasteiger partial charge in [0.05, 0.1) is 5.57 Å². The number of carbonyl (C=O) groups is 2. The van der Waals surface area contributed by atoms with Crippen LogP contribution in [-0.2, 0) is 17.9 Å². The highest BCUT2D eigenvalue weighted by atomic mass is 19.4. The van der Waals surface area contributed by atoms with Gasteiger partial charge in [-0.1, -0.05) is 24.3 Å². The van der Waals surface area contributed by atoms with Gasteiger partial charge >= 0.3 is 12.1 Å². The number of nitrogens with zero attached hydrogens (tertiary/aromatic N) is 3. The number of pyridine rings is 1. The van der Waals surface area contributed by atoms with E-state index in [1.807, 2.05) is 29.2 Å². The maximum atomic E-state index is 13.6. The lowest BCUT2D eigenvalue weighted by Gasteiger charge is -2.41. The number of anilines is 1. The molecular weight excluding hydrogens is 463 g/mol. The molecule has 0 spiro atoms. The van der Waals surface area contributed by atoms with Gasteiger partial charge in [-0.3, -0.25) is 9.69 Å². The second-order valence-electron chi connectivity index (χ2n) is 8.31. The van der Waals surface area contributed by atoms with E-state index < -0.39 is 29.8 Å². The van der Waals surface area contributed by atoms with Gasteiger partial charge in [0.1, 0.15) is 23.4 Å². The lowest BCUT2D eigenvalue weighted by atomic mass is 10.0. The van der Waals surface area contributed by atoms with Crippen molar-refractivity contribution in [3.8, 4) is 0 Å². The summed E-state index contributed by atoms with van der Waals surface area (Å²) < 4.78 is 40.8. The standard InChI is InChI=1S/C24H20F3N5O3/c25-24(26,27)17-8-16(10-29-21-18(23(34)35)6-3-7-28-21)22-30-19(9-20(33)32(22)13-17)31-11-14-4-1-2-5-15(14)12-31/h1-9,13,22,30H,10-12H2,(H,28,29)(H,34,35). The first kappa shape index (κ1) is 22.5. The Kier molecular flexibility index (Phi) is 5.46. The number of rotatable bonds is 5. The molecule has 3 aliphatic heterocycles. The van der Waals surface area contributed by atoms with Crippen molar-refractivity contribution in [3.05, 3.63) is 94.6 Å². The molecule has 5 rings (SSSR count). The lowest BCUT2D eigenvalue weighted by Crippen LogP contribution is -2.54. The fraction of sp³-hybridized carbons (Fsp3) is 0.208. The maximum absolute atomic E-state index is 13.6. The molecule has 1 aromatic carbocycles. The Hall–Kier alpha value is -4.28. The molecule has 3 aliphatic rings. The maximum Gasteiger partial charge on any atom is 0.417 e. The molecule has 0 bridgehead atoms. The number of nitrogens with one attached hydrogen (secondary N) is 2. The van der Waals surface area contributed by atoms with E-state index in [-0.39, 0.29) is 23.5 Å². The number of halogens is 3. The van der Waals surface area contributed by atoms with E-state index in [0.717, 1.165) is 28.3 Å². The number of amides is 1. The molecule has 1 aromatic heterocycles. The summed E-state index contributed by atoms with van der Waals surface area (Å²) in [5.74, 6) is -1.29. The van der Waals surface area contributed by atoms with E-state index in [9.17, 15) is 27.9 Å². The predicted octanol–water partition coefficient (Wildman–Crippen LogP) is 3.19. The Balaban J connectivity index is 1.43. The van der Waals surface area contributed by atoms with Gasteiger partial charge in [0.25, 0.3) is 5.91 Å². The van der Waals surface area contributed by atoms with E-state index in [1.54, 1.807) is 0 Å². The van der Waals surface area contributed by atoms with Crippen LogP contribution in [0.3, 0.4) is 0 Å². The van der Waals surface area contributed by atoms with Crippen LogP contribution >= 0.6 is 0 Å². The number of benzene rings is 1. The van der Waals surface area contributed by atoms with E-state index in [1.165, 1.54) is 24.4 Å². The van der Waals surface area contributed by atoms with Gasteiger partial charge in [0, 0.05) is 38.1 Å². The van der Waals surface area contributed by atoms with Crippen molar-refractivity contribution < 1.29 is 27.9 Å². The highest BCUT2D eigenvalue weighted by molar-refractivity contribution is 5.93. The number of carboxylic acid groups (broad SMARTS) is 1. The topological polar surface area (TPSA) is 97.8 Å². The Morgan fingerprint density at radius 1 is 1.14 bits per heavy atom. The molecule has 0 fully saturated rings. The van der Waals surface area contributed by atoms with E-state index in [2.05, 4.69) is 15.6 Å². The van der Waals surface area contributed by atoms with Crippen LogP contribution in [0.1, 0.15) is 21.5 Å². The number of carboxylic acids is 1. The smallest absolute Gasteiger partial charge is 0.417 e. The summed E-state index contributed by atoms with van der Waals surface area (Å²) in [6, 6.07) is 10.6. The van der Waals surface area contributed by atoms with Gasteiger partial charge in [-0.2, -0.15) is 13.2 Å². The Morgan fingerprint density at radius 2 is 1.86 bits per heavy atom. The molecule has 0 saturated carbocycles. The molecule has 1 amide bonds. The molecule has 35 heavy (non-hydrogen) atoms. The average molecular weight is 483 g/mol. The van der Waals surface area contributed by atoms with Crippen molar-refractivity contribution in [2.75, 3.05) is 11.9 Å². The van der Waals surface area contributed by atoms with Crippen molar-refractivity contribution in [1.82, 2.24) is 20.1 Å². The van der Waals surface area contributed by atoms with Crippen molar-refractivity contribution in [2.24, 2.45) is 0 Å². The minimum atomic E-state index is -4.67. The summed E-state index contributed by atoms with van der Waals surface area (Å²) in [7, 11) is 0. The Bertz CT molecular complexity index is 1280. The monoisotopic (exact) mass is 483 g/mol. The number of hydrogen-bond acceptors (Lipinski definition) is 6. The van der Waals surface area contributed by atoms with Crippen molar-refractivity contribution >= 4 is 17.7 Å². The van der Waals surface area contributed by atoms with E-state index in [4.69, 9.17) is 0 Å². The molecule has 0 radical (unpaired) electrons. The minimum absolute atomic E-state index is 0.0171. The number of carbonyl (C=O) groups excluding carboxylic acids is 1. The predicted molar refractivity (Wildman–Crippen MR) is 119 cm³/mol. The number of aromatic nitrogens is 1. The zero-order valence-corrected chi connectivity index (χ0v) is 18.2. The Labute approximate surface area is 198 Å². The number of hydrogen-bond donors (Lipinski definition) is 3. The summed E-state index contributed by atoms with van der Waals surface area (Å²) in [6.45, 7) is 0.956. The van der Waals surface area contributed by atoms with Gasteiger partial charge in [0.2, 0.25) is 0 Å². The molecule has 11 heteroatoms. The fourth-order valence-corrected chi connectivity index (χ4v) is 4.34. The van der Waals surface area contributed by atoms with Crippen LogP contribution in [0.5, 0.6) is 0 Å². The number of fused-ring (bicyclic) bond motifs is 2. The molecule has 1 unspecified atom stereocenters. The van der Waals surface area contributed by atoms with E-state index >= 15 is 0 Å². The molecule has 4 heterocycles. The second-order valence-corrected chi connectivity index (χ2v) is 8.31. The minimum Gasteiger partial charge on any atom is -0.478 e. The average Bonchev–Trinajstić information content (AvgIpc) is 3.26. The van der Waals surface area contributed by atoms with Gasteiger partial charge in [-0.15, -0.1) is 0 Å². The van der Waals surface area contributed by atoms with Crippen molar-refractivity contribution in [1.29, 1.82) is 0 Å². The number of aromatic carboxylic acids is 1. The second kappa shape index (κ2) is 8.49. The van der Waals surface area contributed by atoms with Crippen molar-refractivity contribution in [3.63, 3.8) is 0 Å². The van der Waals surface area contributed by atoms with Crippen LogP contribution < -0.4 is 10.6 Å². The van der Waals surface area contributed by atoms with Gasteiger partial charge in [0.15, 0.2) is 0 Å². The first-order valence-electron chi connectivity index (χ1n) is 10.7. The van der Waals surface area contributed by atoms with Crippen LogP contribution in [-0.4, -0.2) is 50.7 Å². The zero-order chi connectivity index (χ0) is 24.7. The molecule has 1 atom stereocenters. The van der Waals surface area contributed by atoms with Crippen LogP contribution in [0.2, 0.25) is 0 Å². The normalized spacial score (nSPS) is 19.2.